The number of ether oxygens (including phenoxy) is 1. The first-order valence-corrected chi connectivity index (χ1v) is 38.6. The number of methoxy groups -OCH3 is 1. The van der Waals surface area contributed by atoms with Gasteiger partial charge in [0, 0.05) is 82.5 Å². The Morgan fingerprint density at radius 1 is 0.552 bits per heavy atom. The number of β-amino-alcohol motifs (C(OH)–C–C–N with tert-alkyl or cyclic N) is 3. The molecule has 0 spiro atoms. The Labute approximate surface area is 628 Å². The van der Waals surface area contributed by atoms with Gasteiger partial charge in [-0.15, -0.1) is 34.0 Å². The number of rotatable bonds is 24. The van der Waals surface area contributed by atoms with Crippen LogP contribution in [0.5, 0.6) is 5.88 Å². The molecule has 5 aromatic heterocycles. The average Bonchev–Trinajstić information content (AvgIpc) is 1.69. The van der Waals surface area contributed by atoms with Crippen LogP contribution in [0.1, 0.15) is 189 Å². The van der Waals surface area contributed by atoms with E-state index < -0.39 is 53.7 Å². The molecule has 8 heterocycles. The highest BCUT2D eigenvalue weighted by Gasteiger charge is 2.46. The van der Waals surface area contributed by atoms with Gasteiger partial charge in [-0.05, 0) is 102 Å². The van der Waals surface area contributed by atoms with Gasteiger partial charge in [-0.1, -0.05) is 147 Å². The van der Waals surface area contributed by atoms with Crippen LogP contribution in [0.15, 0.2) is 123 Å². The molecule has 3 aromatic carbocycles. The fourth-order valence-electron chi connectivity index (χ4n) is 14.2. The SMILES string of the molecule is C=C(N[C@@H](C)c1ccc(-c2scnc2C)cc1)[C@@H]1C[C@@H](O)CN1C(=O)[C@@H](NC(C)=O)C(C)(C)C.COc1cc([C@H](C(=O)N2C[C@H](O)C[C@H]2C(=O)C[C@@H](C)c2ccc(-c3scnc3C)cc2)C(C)C)on1.Cc1cc(C(C(=O)N2C[C@H](O)C[C@H]2C(=O)C[C@@H](C)c2ccc(-c3scnc3C)cc2)C(C)C)on1. The van der Waals surface area contributed by atoms with Gasteiger partial charge in [0.25, 0.3) is 5.88 Å². The normalized spacial score (nSPS) is 19.8. The number of aliphatic hydroxyl groups excluding tert-OH is 3. The van der Waals surface area contributed by atoms with Crippen LogP contribution >= 0.6 is 34.0 Å². The zero-order valence-corrected chi connectivity index (χ0v) is 65.5. The second kappa shape index (κ2) is 35.2. The van der Waals surface area contributed by atoms with Gasteiger partial charge in [0.15, 0.2) is 17.3 Å². The second-order valence-corrected chi connectivity index (χ2v) is 32.5. The molecule has 105 heavy (non-hydrogen) atoms. The van der Waals surface area contributed by atoms with Crippen LogP contribution in [-0.2, 0) is 28.8 Å². The lowest BCUT2D eigenvalue weighted by atomic mass is 9.85. The second-order valence-electron chi connectivity index (χ2n) is 30.0. The van der Waals surface area contributed by atoms with Crippen LogP contribution in [0, 0.1) is 44.9 Å². The molecule has 22 nitrogen and oxygen atoms in total. The topological polar surface area (TPSA) is 297 Å². The molecule has 8 aromatic rings. The first kappa shape index (κ1) is 80.5. The number of nitrogens with one attached hydrogen (secondary N) is 2. The number of aliphatic hydroxyl groups is 3. The number of nitrogens with zero attached hydrogens (tertiary/aromatic N) is 8. The van der Waals surface area contributed by atoms with Gasteiger partial charge in [0.1, 0.15) is 23.6 Å². The zero-order valence-electron chi connectivity index (χ0n) is 63.1. The summed E-state index contributed by atoms with van der Waals surface area (Å²) in [6.07, 6.45) is -0.595. The molecular weight excluding hydrogens is 1390 g/mol. The molecule has 0 aliphatic carbocycles. The summed E-state index contributed by atoms with van der Waals surface area (Å²) in [5, 5.41) is 45.1. The molecule has 3 saturated heterocycles. The third-order valence-corrected chi connectivity index (χ3v) is 22.9. The number of carbonyl (C=O) groups excluding carboxylic acids is 6. The third-order valence-electron chi connectivity index (χ3n) is 19.9. The van der Waals surface area contributed by atoms with Crippen molar-refractivity contribution in [3.8, 4) is 37.2 Å². The maximum Gasteiger partial charge on any atom is 0.254 e. The van der Waals surface area contributed by atoms with E-state index in [-0.39, 0.29) is 110 Å². The van der Waals surface area contributed by atoms with Crippen molar-refractivity contribution in [1.29, 1.82) is 0 Å². The molecule has 1 unspecified atom stereocenters. The summed E-state index contributed by atoms with van der Waals surface area (Å²) < 4.78 is 15.9. The molecule has 5 N–H and O–H groups in total. The largest absolute Gasteiger partial charge is 0.479 e. The summed E-state index contributed by atoms with van der Waals surface area (Å²) in [5.41, 5.74) is 16.1. The van der Waals surface area contributed by atoms with Gasteiger partial charge in [0.2, 0.25) is 23.6 Å². The summed E-state index contributed by atoms with van der Waals surface area (Å²) >= 11 is 4.85. The van der Waals surface area contributed by atoms with E-state index in [0.29, 0.717) is 41.6 Å². The lowest BCUT2D eigenvalue weighted by Crippen LogP contribution is -2.56. The Morgan fingerprint density at radius 3 is 1.26 bits per heavy atom. The Bertz CT molecular complexity index is 4280. The van der Waals surface area contributed by atoms with Gasteiger partial charge in [-0.2, -0.15) is 0 Å². The minimum Gasteiger partial charge on any atom is -0.479 e. The van der Waals surface area contributed by atoms with Crippen LogP contribution < -0.4 is 15.4 Å². The average molecular weight is 1490 g/mol. The first-order valence-electron chi connectivity index (χ1n) is 35.9. The maximum atomic E-state index is 13.6. The van der Waals surface area contributed by atoms with Crippen LogP contribution in [0.2, 0.25) is 0 Å². The van der Waals surface area contributed by atoms with Crippen LogP contribution in [-0.4, -0.2) is 160 Å². The molecule has 11 rings (SSSR count). The minimum atomic E-state index is -0.739. The monoisotopic (exact) mass is 1490 g/mol. The number of carbonyl (C=O) groups is 6. The van der Waals surface area contributed by atoms with E-state index in [4.69, 9.17) is 13.8 Å². The summed E-state index contributed by atoms with van der Waals surface area (Å²) in [4.78, 5) is 100. The Balaban J connectivity index is 0.000000183. The van der Waals surface area contributed by atoms with Gasteiger partial charge < -0.3 is 54.4 Å². The van der Waals surface area contributed by atoms with E-state index in [1.54, 1.807) is 55.9 Å². The van der Waals surface area contributed by atoms with Crippen molar-refractivity contribution in [3.63, 3.8) is 0 Å². The lowest BCUT2D eigenvalue weighted by Gasteiger charge is -2.36. The number of likely N-dealkylation sites (tertiary alicyclic amines) is 3. The number of amides is 4. The van der Waals surface area contributed by atoms with Crippen molar-refractivity contribution < 1.29 is 57.9 Å². The van der Waals surface area contributed by atoms with Crippen LogP contribution in [0.25, 0.3) is 31.3 Å². The molecule has 562 valence electrons. The minimum absolute atomic E-state index is 0.00776. The van der Waals surface area contributed by atoms with Crippen molar-refractivity contribution in [2.24, 2.45) is 17.3 Å². The summed E-state index contributed by atoms with van der Waals surface area (Å²) in [5.74, 6) is -1.12. The van der Waals surface area contributed by atoms with Crippen molar-refractivity contribution in [2.75, 3.05) is 26.7 Å². The van der Waals surface area contributed by atoms with E-state index in [1.165, 1.54) is 23.8 Å². The number of hydrogen-bond acceptors (Lipinski definition) is 21. The summed E-state index contributed by atoms with van der Waals surface area (Å²) in [7, 11) is 1.48. The number of thiazole rings is 3. The Kier molecular flexibility index (Phi) is 27.0. The molecule has 0 radical (unpaired) electrons. The van der Waals surface area contributed by atoms with E-state index in [2.05, 4.69) is 103 Å². The van der Waals surface area contributed by atoms with Crippen LogP contribution in [0.4, 0.5) is 0 Å². The van der Waals surface area contributed by atoms with Crippen molar-refractivity contribution in [3.05, 3.63) is 165 Å². The maximum absolute atomic E-state index is 13.6. The van der Waals surface area contributed by atoms with E-state index >= 15 is 0 Å². The van der Waals surface area contributed by atoms with Gasteiger partial charge in [-0.3, -0.25) is 28.8 Å². The van der Waals surface area contributed by atoms with Gasteiger partial charge in [0.05, 0.1) is 97.5 Å². The van der Waals surface area contributed by atoms with E-state index in [0.717, 1.165) is 60.2 Å². The standard InChI is InChI=1S/C27H33N3O5S.C27H33N3O4S.C26H36N4O3S/c1-15(2)25(23-12-24(34-5)29-35-23)27(33)30-13-20(31)11-21(30)22(32)10-16(3)18-6-8-19(9-7-18)26-17(4)28-14-36-26;1-15(2)25(24-11-17(4)29-34-24)27(33)30-13-21(31)12-22(30)23(32)10-16(3)19-6-8-20(9-7-19)26-18(5)28-14-35-26;1-15(19-8-10-20(11-9-19)23-17(3)27-14-34-23)28-16(2)22-12-21(32)13-30(22)25(33)24(26(5,6)7)29-18(4)31/h6-9,12,14-16,20-21,25,31H,10-11,13H2,1-5H3;6-9,11,14-16,21-22,25,31H,10,12-13H2,1-5H3;8-11,14-15,21-22,24,28,32H,2,12-13H2,1,3-7H3,(H,29,31)/t16-,20-,21+,25-;16-,21-,22+,25?;15-,21+,22-,24+/m110/s1. The molecule has 3 aliphatic rings. The number of ketones is 2. The number of aryl methyl sites for hydroxylation is 4. The highest BCUT2D eigenvalue weighted by Crippen LogP contribution is 2.39. The summed E-state index contributed by atoms with van der Waals surface area (Å²) in [6.45, 7) is 33.5. The quantitative estimate of drug-likeness (QED) is 0.0375. The van der Waals surface area contributed by atoms with Crippen LogP contribution in [0.3, 0.4) is 0 Å². The zero-order chi connectivity index (χ0) is 76.5. The number of aromatic nitrogens is 5. The molecule has 4 amide bonds. The first-order chi connectivity index (χ1) is 49.7. The summed E-state index contributed by atoms with van der Waals surface area (Å²) in [6, 6.07) is 25.8. The number of Topliss-reactive ketones (excluding diaryl/α,β-unsaturated/α-hetero) is 2. The Morgan fingerprint density at radius 2 is 0.924 bits per heavy atom. The molecule has 0 saturated carbocycles. The number of hydrogen-bond donors (Lipinski definition) is 5. The molecule has 3 fully saturated rings. The van der Waals surface area contributed by atoms with E-state index in [1.807, 2.05) is 126 Å². The van der Waals surface area contributed by atoms with Crippen molar-refractivity contribution >= 4 is 69.2 Å². The number of benzene rings is 3. The molecule has 25 heteroatoms. The highest BCUT2D eigenvalue weighted by atomic mass is 32.1. The predicted molar refractivity (Wildman–Crippen MR) is 409 cm³/mol. The smallest absolute Gasteiger partial charge is 0.254 e. The highest BCUT2D eigenvalue weighted by molar-refractivity contribution is 7.14. The Hall–Kier alpha value is -8.59. The molecule has 12 atom stereocenters. The fraction of sp³-hybridized carbons (Fsp3) is 0.487. The fourth-order valence-corrected chi connectivity index (χ4v) is 16.6. The lowest BCUT2D eigenvalue weighted by molar-refractivity contribution is -0.140. The third kappa shape index (κ3) is 19.7. The molecule has 3 aliphatic heterocycles. The van der Waals surface area contributed by atoms with Gasteiger partial charge >= 0.3 is 0 Å². The van der Waals surface area contributed by atoms with E-state index in [9.17, 15) is 44.1 Å². The van der Waals surface area contributed by atoms with Gasteiger partial charge in [-0.25, -0.2) is 15.0 Å². The predicted octanol–water partition coefficient (Wildman–Crippen LogP) is 13.3. The van der Waals surface area contributed by atoms with Crippen molar-refractivity contribution in [2.45, 2.75) is 208 Å². The molecule has 0 bridgehead atoms. The molecular formula is C80H102N10O12S3. The van der Waals surface area contributed by atoms with Crippen molar-refractivity contribution in [1.82, 2.24) is 50.6 Å².